The molecule has 1 fully saturated rings. The van der Waals surface area contributed by atoms with Crippen molar-refractivity contribution in [1.29, 1.82) is 0 Å². The number of likely N-dealkylation sites (tertiary alicyclic amines) is 1. The second-order valence-electron chi connectivity index (χ2n) is 5.07. The summed E-state index contributed by atoms with van der Waals surface area (Å²) in [7, 11) is -3.42. The van der Waals surface area contributed by atoms with Gasteiger partial charge >= 0.3 is 0 Å². The van der Waals surface area contributed by atoms with Gasteiger partial charge in [-0.15, -0.1) is 0 Å². The zero-order chi connectivity index (χ0) is 14.8. The van der Waals surface area contributed by atoms with Gasteiger partial charge in [0.25, 0.3) is 5.91 Å². The average molecular weight is 297 g/mol. The number of hydrogen-bond donors (Lipinski definition) is 2. The predicted molar refractivity (Wildman–Crippen MR) is 78.0 cm³/mol. The summed E-state index contributed by atoms with van der Waals surface area (Å²) in [6.07, 6.45) is 2.84. The Kier molecular flexibility index (Phi) is 4.29. The molecule has 1 heterocycles. The summed E-state index contributed by atoms with van der Waals surface area (Å²) in [5, 5.41) is 0. The standard InChI is InChI=1S/C13H19N3O3S/c1-20(18,19)15-12-7-3-2-6-11(12)13(17)16-8-4-5-10(14)9-16/h2-3,6-7,10,15H,4-5,8-9,14H2,1H3. The van der Waals surface area contributed by atoms with Crippen LogP contribution < -0.4 is 10.5 Å². The van der Waals surface area contributed by atoms with E-state index in [2.05, 4.69) is 4.72 Å². The Bertz CT molecular complexity index is 601. The number of carbonyl (C=O) groups excluding carboxylic acids is 1. The van der Waals surface area contributed by atoms with Gasteiger partial charge in [0.2, 0.25) is 10.0 Å². The largest absolute Gasteiger partial charge is 0.337 e. The van der Waals surface area contributed by atoms with Crippen LogP contribution in [0.25, 0.3) is 0 Å². The monoisotopic (exact) mass is 297 g/mol. The fourth-order valence-electron chi connectivity index (χ4n) is 2.32. The highest BCUT2D eigenvalue weighted by molar-refractivity contribution is 7.92. The molecule has 1 aliphatic heterocycles. The van der Waals surface area contributed by atoms with E-state index >= 15 is 0 Å². The molecular weight excluding hydrogens is 278 g/mol. The van der Waals surface area contributed by atoms with E-state index in [-0.39, 0.29) is 11.9 Å². The maximum atomic E-state index is 12.5. The molecule has 0 aliphatic carbocycles. The highest BCUT2D eigenvalue weighted by Crippen LogP contribution is 2.20. The lowest BCUT2D eigenvalue weighted by Crippen LogP contribution is -2.45. The van der Waals surface area contributed by atoms with E-state index in [4.69, 9.17) is 5.73 Å². The van der Waals surface area contributed by atoms with Crippen LogP contribution in [-0.2, 0) is 10.0 Å². The van der Waals surface area contributed by atoms with Gasteiger partial charge in [-0.05, 0) is 25.0 Å². The summed E-state index contributed by atoms with van der Waals surface area (Å²) in [5.74, 6) is -0.188. The Hall–Kier alpha value is -1.60. The van der Waals surface area contributed by atoms with Gasteiger partial charge in [-0.25, -0.2) is 8.42 Å². The van der Waals surface area contributed by atoms with Crippen molar-refractivity contribution in [3.63, 3.8) is 0 Å². The van der Waals surface area contributed by atoms with E-state index in [1.807, 2.05) is 0 Å². The molecule has 1 unspecified atom stereocenters. The minimum Gasteiger partial charge on any atom is -0.337 e. The smallest absolute Gasteiger partial charge is 0.256 e. The summed E-state index contributed by atoms with van der Waals surface area (Å²) in [5.41, 5.74) is 6.53. The van der Waals surface area contributed by atoms with Crippen LogP contribution in [0.15, 0.2) is 24.3 Å². The predicted octanol–water partition coefficient (Wildman–Crippen LogP) is 0.621. The van der Waals surface area contributed by atoms with Crippen molar-refractivity contribution in [2.45, 2.75) is 18.9 Å². The zero-order valence-corrected chi connectivity index (χ0v) is 12.2. The number of anilines is 1. The summed E-state index contributed by atoms with van der Waals surface area (Å²) in [6, 6.07) is 6.59. The zero-order valence-electron chi connectivity index (χ0n) is 11.4. The first-order valence-corrected chi connectivity index (χ1v) is 8.37. The number of nitrogens with two attached hydrogens (primary N) is 1. The molecule has 110 valence electrons. The second kappa shape index (κ2) is 5.80. The van der Waals surface area contributed by atoms with Gasteiger partial charge in [-0.1, -0.05) is 12.1 Å². The molecule has 1 aliphatic rings. The number of para-hydroxylation sites is 1. The molecule has 0 saturated carbocycles. The quantitative estimate of drug-likeness (QED) is 0.855. The third kappa shape index (κ3) is 3.71. The van der Waals surface area contributed by atoms with Crippen molar-refractivity contribution in [1.82, 2.24) is 4.90 Å². The van der Waals surface area contributed by atoms with E-state index < -0.39 is 10.0 Å². The Labute approximate surface area is 119 Å². The number of benzene rings is 1. The Balaban J connectivity index is 2.25. The van der Waals surface area contributed by atoms with Crippen LogP contribution >= 0.6 is 0 Å². The molecule has 1 aromatic rings. The molecular formula is C13H19N3O3S. The van der Waals surface area contributed by atoms with Crippen LogP contribution in [0.4, 0.5) is 5.69 Å². The van der Waals surface area contributed by atoms with Crippen molar-refractivity contribution in [3.05, 3.63) is 29.8 Å². The highest BCUT2D eigenvalue weighted by Gasteiger charge is 2.24. The molecule has 0 radical (unpaired) electrons. The molecule has 0 spiro atoms. The van der Waals surface area contributed by atoms with Crippen LogP contribution in [0, 0.1) is 0 Å². The molecule has 7 heteroatoms. The van der Waals surface area contributed by atoms with Gasteiger partial charge in [0, 0.05) is 19.1 Å². The van der Waals surface area contributed by atoms with Crippen molar-refractivity contribution >= 4 is 21.6 Å². The van der Waals surface area contributed by atoms with Crippen LogP contribution in [-0.4, -0.2) is 44.6 Å². The minimum atomic E-state index is -3.42. The first kappa shape index (κ1) is 14.8. The fourth-order valence-corrected chi connectivity index (χ4v) is 2.90. The molecule has 3 N–H and O–H groups in total. The Morgan fingerprint density at radius 3 is 2.75 bits per heavy atom. The van der Waals surface area contributed by atoms with Crippen molar-refractivity contribution in [2.24, 2.45) is 5.73 Å². The van der Waals surface area contributed by atoms with Gasteiger partial charge in [-0.2, -0.15) is 0 Å². The molecule has 1 aromatic carbocycles. The minimum absolute atomic E-state index is 0.0114. The number of amides is 1. The number of nitrogens with zero attached hydrogens (tertiary/aromatic N) is 1. The average Bonchev–Trinajstić information content (AvgIpc) is 2.37. The summed E-state index contributed by atoms with van der Waals surface area (Å²) in [6.45, 7) is 1.16. The van der Waals surface area contributed by atoms with Crippen LogP contribution in [0.3, 0.4) is 0 Å². The molecule has 2 rings (SSSR count). The summed E-state index contributed by atoms with van der Waals surface area (Å²) < 4.78 is 25.1. The van der Waals surface area contributed by atoms with E-state index in [0.29, 0.717) is 24.3 Å². The van der Waals surface area contributed by atoms with E-state index in [1.54, 1.807) is 29.2 Å². The molecule has 0 bridgehead atoms. The highest BCUT2D eigenvalue weighted by atomic mass is 32.2. The lowest BCUT2D eigenvalue weighted by atomic mass is 10.0. The number of carbonyl (C=O) groups is 1. The molecule has 0 aromatic heterocycles. The summed E-state index contributed by atoms with van der Waals surface area (Å²) in [4.78, 5) is 14.2. The fraction of sp³-hybridized carbons (Fsp3) is 0.462. The Morgan fingerprint density at radius 2 is 2.10 bits per heavy atom. The molecule has 1 atom stereocenters. The van der Waals surface area contributed by atoms with Gasteiger partial charge in [-0.3, -0.25) is 9.52 Å². The van der Waals surface area contributed by atoms with E-state index in [0.717, 1.165) is 19.1 Å². The number of nitrogens with one attached hydrogen (secondary N) is 1. The normalized spacial score (nSPS) is 19.7. The van der Waals surface area contributed by atoms with E-state index in [9.17, 15) is 13.2 Å². The lowest BCUT2D eigenvalue weighted by Gasteiger charge is -2.31. The first-order valence-electron chi connectivity index (χ1n) is 6.48. The first-order chi connectivity index (χ1) is 9.37. The second-order valence-corrected chi connectivity index (χ2v) is 6.82. The summed E-state index contributed by atoms with van der Waals surface area (Å²) >= 11 is 0. The number of rotatable bonds is 3. The van der Waals surface area contributed by atoms with Crippen LogP contribution in [0.1, 0.15) is 23.2 Å². The van der Waals surface area contributed by atoms with Crippen LogP contribution in [0.5, 0.6) is 0 Å². The van der Waals surface area contributed by atoms with Crippen molar-refractivity contribution in [3.8, 4) is 0 Å². The third-order valence-electron chi connectivity index (χ3n) is 3.20. The van der Waals surface area contributed by atoms with E-state index in [1.165, 1.54) is 0 Å². The molecule has 20 heavy (non-hydrogen) atoms. The topological polar surface area (TPSA) is 92.5 Å². The number of hydrogen-bond acceptors (Lipinski definition) is 4. The number of piperidine rings is 1. The van der Waals surface area contributed by atoms with Crippen molar-refractivity contribution in [2.75, 3.05) is 24.1 Å². The molecule has 1 saturated heterocycles. The Morgan fingerprint density at radius 1 is 1.40 bits per heavy atom. The lowest BCUT2D eigenvalue weighted by molar-refractivity contribution is 0.0710. The maximum absolute atomic E-state index is 12.5. The maximum Gasteiger partial charge on any atom is 0.256 e. The SMILES string of the molecule is CS(=O)(=O)Nc1ccccc1C(=O)N1CCCC(N)C1. The number of sulfonamides is 1. The van der Waals surface area contributed by atoms with Crippen molar-refractivity contribution < 1.29 is 13.2 Å². The molecule has 1 amide bonds. The third-order valence-corrected chi connectivity index (χ3v) is 3.79. The van der Waals surface area contributed by atoms with Gasteiger partial charge < -0.3 is 10.6 Å². The van der Waals surface area contributed by atoms with Gasteiger partial charge in [0.05, 0.1) is 17.5 Å². The molecule has 6 nitrogen and oxygen atoms in total. The van der Waals surface area contributed by atoms with Crippen LogP contribution in [0.2, 0.25) is 0 Å². The van der Waals surface area contributed by atoms with Gasteiger partial charge in [0.15, 0.2) is 0 Å². The van der Waals surface area contributed by atoms with Gasteiger partial charge in [0.1, 0.15) is 0 Å².